The van der Waals surface area contributed by atoms with Crippen LogP contribution in [0.3, 0.4) is 0 Å². The number of ether oxygens (including phenoxy) is 2. The lowest BCUT2D eigenvalue weighted by molar-refractivity contribution is -0.154. The Morgan fingerprint density at radius 3 is 2.30 bits per heavy atom. The highest BCUT2D eigenvalue weighted by atomic mass is 16.6. The largest absolute Gasteiger partial charge is 0.460 e. The van der Waals surface area contributed by atoms with Crippen LogP contribution in [0.4, 0.5) is 4.79 Å². The molecule has 0 saturated heterocycles. The number of aliphatic hydroxyl groups excluding tert-OH is 1. The average molecular weight is 407 g/mol. The predicted molar refractivity (Wildman–Crippen MR) is 112 cm³/mol. The number of benzene rings is 2. The molecule has 0 aromatic heterocycles. The van der Waals surface area contributed by atoms with Gasteiger partial charge in [0.05, 0.1) is 6.10 Å². The van der Waals surface area contributed by atoms with E-state index >= 15 is 0 Å². The molecule has 1 amide bonds. The van der Waals surface area contributed by atoms with Crippen LogP contribution in [-0.2, 0) is 14.3 Å². The summed E-state index contributed by atoms with van der Waals surface area (Å²) in [6.45, 7) is 3.67. The second kappa shape index (κ2) is 8.32. The van der Waals surface area contributed by atoms with Gasteiger partial charge in [0.1, 0.15) is 13.2 Å². The lowest BCUT2D eigenvalue weighted by atomic mass is 9.95. The van der Waals surface area contributed by atoms with Crippen molar-refractivity contribution in [3.8, 4) is 11.1 Å². The van der Waals surface area contributed by atoms with Crippen molar-refractivity contribution in [2.45, 2.75) is 36.8 Å². The Labute approximate surface area is 175 Å². The number of rotatable bonds is 6. The quantitative estimate of drug-likeness (QED) is 0.565. The van der Waals surface area contributed by atoms with Crippen LogP contribution in [-0.4, -0.2) is 42.0 Å². The van der Waals surface area contributed by atoms with Gasteiger partial charge in [-0.3, -0.25) is 0 Å². The summed E-state index contributed by atoms with van der Waals surface area (Å²) in [5.41, 5.74) is 3.00. The molecule has 30 heavy (non-hydrogen) atoms. The summed E-state index contributed by atoms with van der Waals surface area (Å²) in [6.07, 6.45) is 0.999. The maximum atomic E-state index is 12.6. The van der Waals surface area contributed by atoms with E-state index in [-0.39, 0.29) is 19.1 Å². The summed E-state index contributed by atoms with van der Waals surface area (Å²) in [7, 11) is 0. The van der Waals surface area contributed by atoms with Gasteiger partial charge in [0, 0.05) is 5.92 Å². The summed E-state index contributed by atoms with van der Waals surface area (Å²) in [6, 6.07) is 16.1. The van der Waals surface area contributed by atoms with Crippen LogP contribution < -0.4 is 5.32 Å². The topological polar surface area (TPSA) is 84.9 Å². The van der Waals surface area contributed by atoms with E-state index in [2.05, 4.69) is 24.0 Å². The number of hydrogen-bond acceptors (Lipinski definition) is 5. The molecule has 2 aliphatic rings. The van der Waals surface area contributed by atoms with Gasteiger partial charge in [-0.1, -0.05) is 61.2 Å². The summed E-state index contributed by atoms with van der Waals surface area (Å²) >= 11 is 0. The first-order valence-corrected chi connectivity index (χ1v) is 10.2. The normalized spacial score (nSPS) is 22.1. The van der Waals surface area contributed by atoms with Gasteiger partial charge in [0.25, 0.3) is 0 Å². The molecule has 0 spiro atoms. The Kier molecular flexibility index (Phi) is 5.59. The number of hydrogen-bond donors (Lipinski definition) is 2. The third kappa shape index (κ3) is 3.48. The first kappa shape index (κ1) is 20.2. The van der Waals surface area contributed by atoms with Crippen molar-refractivity contribution in [2.24, 2.45) is 0 Å². The fraction of sp³-hybridized carbons (Fsp3) is 0.333. The first-order valence-electron chi connectivity index (χ1n) is 10.2. The Hall–Kier alpha value is -3.12. The lowest BCUT2D eigenvalue weighted by Crippen LogP contribution is -2.60. The van der Waals surface area contributed by atoms with Crippen molar-refractivity contribution in [3.05, 3.63) is 72.3 Å². The van der Waals surface area contributed by atoms with Crippen molar-refractivity contribution in [1.29, 1.82) is 0 Å². The molecular weight excluding hydrogens is 382 g/mol. The molecule has 4 rings (SSSR count). The van der Waals surface area contributed by atoms with Crippen LogP contribution in [0.2, 0.25) is 0 Å². The summed E-state index contributed by atoms with van der Waals surface area (Å²) in [4.78, 5) is 25.2. The molecule has 2 atom stereocenters. The molecule has 1 saturated carbocycles. The van der Waals surface area contributed by atoms with E-state index < -0.39 is 23.7 Å². The lowest BCUT2D eigenvalue weighted by Gasteiger charge is -2.30. The highest BCUT2D eigenvalue weighted by Gasteiger charge is 2.51. The molecule has 2 unspecified atom stereocenters. The molecule has 2 N–H and O–H groups in total. The molecule has 1 fully saturated rings. The van der Waals surface area contributed by atoms with Crippen molar-refractivity contribution >= 4 is 12.1 Å². The maximum Gasteiger partial charge on any atom is 0.408 e. The van der Waals surface area contributed by atoms with Crippen molar-refractivity contribution < 1.29 is 24.2 Å². The van der Waals surface area contributed by atoms with E-state index in [9.17, 15) is 14.7 Å². The van der Waals surface area contributed by atoms with E-state index in [1.807, 2.05) is 36.4 Å². The minimum absolute atomic E-state index is 0.0136. The number of esters is 1. The highest BCUT2D eigenvalue weighted by Crippen LogP contribution is 2.44. The number of carbonyl (C=O) groups is 2. The van der Waals surface area contributed by atoms with Crippen LogP contribution in [0.5, 0.6) is 0 Å². The number of fused-ring (bicyclic) bond motifs is 3. The van der Waals surface area contributed by atoms with Gasteiger partial charge in [-0.2, -0.15) is 0 Å². The molecule has 6 nitrogen and oxygen atoms in total. The van der Waals surface area contributed by atoms with Crippen LogP contribution >= 0.6 is 0 Å². The molecule has 0 bridgehead atoms. The molecule has 156 valence electrons. The fourth-order valence-electron chi connectivity index (χ4n) is 4.50. The fourth-order valence-corrected chi connectivity index (χ4v) is 4.50. The number of carbonyl (C=O) groups excluding carboxylic acids is 2. The number of alkyl carbamates (subject to hydrolysis) is 1. The average Bonchev–Trinajstić information content (AvgIpc) is 3.29. The Morgan fingerprint density at radius 1 is 1.10 bits per heavy atom. The van der Waals surface area contributed by atoms with Crippen LogP contribution in [0.25, 0.3) is 11.1 Å². The van der Waals surface area contributed by atoms with Gasteiger partial charge in [-0.25, -0.2) is 9.59 Å². The van der Waals surface area contributed by atoms with Gasteiger partial charge in [0.15, 0.2) is 5.54 Å². The van der Waals surface area contributed by atoms with Crippen molar-refractivity contribution in [2.75, 3.05) is 13.2 Å². The molecular formula is C24H25NO5. The SMILES string of the molecule is C=CCOC(=O)C1(NC(=O)OCC2c3ccccc3-c3ccccc32)CCCC1O. The molecule has 0 heterocycles. The summed E-state index contributed by atoms with van der Waals surface area (Å²) < 4.78 is 10.7. The van der Waals surface area contributed by atoms with E-state index in [1.54, 1.807) is 0 Å². The minimum atomic E-state index is -1.48. The second-order valence-corrected chi connectivity index (χ2v) is 7.72. The van der Waals surface area contributed by atoms with Crippen LogP contribution in [0.15, 0.2) is 61.2 Å². The molecule has 2 aromatic rings. The smallest absolute Gasteiger partial charge is 0.408 e. The molecule has 2 aliphatic carbocycles. The maximum absolute atomic E-state index is 12.6. The molecule has 2 aromatic carbocycles. The van der Waals surface area contributed by atoms with Crippen molar-refractivity contribution in [3.63, 3.8) is 0 Å². The predicted octanol–water partition coefficient (Wildman–Crippen LogP) is 3.54. The molecule has 0 radical (unpaired) electrons. The zero-order valence-electron chi connectivity index (χ0n) is 16.7. The van der Waals surface area contributed by atoms with Crippen molar-refractivity contribution in [1.82, 2.24) is 5.32 Å². The second-order valence-electron chi connectivity index (χ2n) is 7.72. The number of amides is 1. The molecule has 6 heteroatoms. The van der Waals surface area contributed by atoms with Gasteiger partial charge >= 0.3 is 12.1 Å². The van der Waals surface area contributed by atoms with E-state index in [4.69, 9.17) is 9.47 Å². The first-order chi connectivity index (χ1) is 14.6. The zero-order valence-corrected chi connectivity index (χ0v) is 16.7. The van der Waals surface area contributed by atoms with Gasteiger partial charge in [0.2, 0.25) is 0 Å². The van der Waals surface area contributed by atoms with Gasteiger partial charge < -0.3 is 19.9 Å². The third-order valence-corrected chi connectivity index (χ3v) is 5.98. The van der Waals surface area contributed by atoms with Gasteiger partial charge in [-0.15, -0.1) is 0 Å². The van der Waals surface area contributed by atoms with Gasteiger partial charge in [-0.05, 0) is 41.5 Å². The Morgan fingerprint density at radius 2 is 1.73 bits per heavy atom. The summed E-state index contributed by atoms with van der Waals surface area (Å²) in [5, 5.41) is 13.0. The highest BCUT2D eigenvalue weighted by molar-refractivity contribution is 5.87. The van der Waals surface area contributed by atoms with E-state index in [0.29, 0.717) is 19.3 Å². The van der Waals surface area contributed by atoms with Crippen LogP contribution in [0, 0.1) is 0 Å². The Balaban J connectivity index is 1.48. The summed E-state index contributed by atoms with van der Waals surface area (Å²) in [5.74, 6) is -0.749. The number of nitrogens with one attached hydrogen (secondary N) is 1. The monoisotopic (exact) mass is 407 g/mol. The van der Waals surface area contributed by atoms with Crippen LogP contribution in [0.1, 0.15) is 36.3 Å². The van der Waals surface area contributed by atoms with E-state index in [0.717, 1.165) is 22.3 Å². The minimum Gasteiger partial charge on any atom is -0.460 e. The Bertz CT molecular complexity index is 926. The van der Waals surface area contributed by atoms with E-state index in [1.165, 1.54) is 6.08 Å². The standard InChI is InChI=1S/C24H25NO5/c1-2-14-29-22(27)24(13-7-12-21(24)26)25-23(28)30-15-20-18-10-5-3-8-16(18)17-9-4-6-11-19(17)20/h2-6,8-11,20-21,26H,1,7,12-15H2,(H,25,28). The number of aliphatic hydroxyl groups is 1. The zero-order chi connectivity index (χ0) is 21.1. The third-order valence-electron chi connectivity index (χ3n) is 5.98. The molecule has 0 aliphatic heterocycles.